The number of hydrogen-bond donors (Lipinski definition) is 3. The number of nitrogens with one attached hydrogen (secondary N) is 3. The minimum Gasteiger partial charge on any atom is -0.466 e. The first kappa shape index (κ1) is 14.4. The molecule has 8 nitrogen and oxygen atoms in total. The molecule has 2 rings (SSSR count). The topological polar surface area (TPSA) is 109 Å². The van der Waals surface area contributed by atoms with Crippen molar-refractivity contribution in [3.05, 3.63) is 35.6 Å². The molecule has 0 fully saturated rings. The minimum absolute atomic E-state index is 0.0701. The number of aromatic nitrogens is 3. The predicted molar refractivity (Wildman–Crippen MR) is 70.3 cm³/mol. The lowest BCUT2D eigenvalue weighted by molar-refractivity contribution is -0.115. The summed E-state index contributed by atoms with van der Waals surface area (Å²) in [7, 11) is 1.38. The number of carbonyl (C=O) groups is 2. The Kier molecular flexibility index (Phi) is 4.44. The Labute approximate surface area is 118 Å². The van der Waals surface area contributed by atoms with E-state index in [-0.39, 0.29) is 24.1 Å². The summed E-state index contributed by atoms with van der Waals surface area (Å²) in [6.45, 7) is -0.337. The molecule has 0 saturated heterocycles. The predicted octanol–water partition coefficient (Wildman–Crippen LogP) is 0.321. The second kappa shape index (κ2) is 6.46. The molecule has 1 aromatic heterocycles. The maximum atomic E-state index is 13.4. The molecule has 0 aliphatic heterocycles. The molecule has 0 spiro atoms. The van der Waals surface area contributed by atoms with Crippen LogP contribution < -0.4 is 15.4 Å². The van der Waals surface area contributed by atoms with Gasteiger partial charge in [-0.05, 0) is 12.1 Å². The zero-order valence-electron chi connectivity index (χ0n) is 11.0. The molecule has 110 valence electrons. The van der Waals surface area contributed by atoms with E-state index in [1.54, 1.807) is 0 Å². The van der Waals surface area contributed by atoms with Gasteiger partial charge in [-0.25, -0.2) is 9.49 Å². The van der Waals surface area contributed by atoms with Crippen LogP contribution in [0.25, 0.3) is 0 Å². The standard InChI is InChI=1S/C12H12FN5O3/c1-21-12-16-11(17-18-12)15-9(19)6-14-10(20)7-4-2-3-5-8(7)13/h2-5H,6H2,1H3,(H,14,20)(H2,15,16,17,18,19). The van der Waals surface area contributed by atoms with Gasteiger partial charge in [0.25, 0.3) is 5.91 Å². The van der Waals surface area contributed by atoms with Gasteiger partial charge in [0.15, 0.2) is 0 Å². The van der Waals surface area contributed by atoms with Crippen LogP contribution in [0.4, 0.5) is 10.3 Å². The molecular weight excluding hydrogens is 281 g/mol. The van der Waals surface area contributed by atoms with Crippen molar-refractivity contribution in [1.82, 2.24) is 20.5 Å². The Balaban J connectivity index is 1.86. The zero-order valence-corrected chi connectivity index (χ0v) is 11.0. The normalized spacial score (nSPS) is 10.0. The molecule has 9 heteroatoms. The minimum atomic E-state index is -0.682. The third-order valence-corrected chi connectivity index (χ3v) is 2.43. The number of ether oxygens (including phenoxy) is 1. The van der Waals surface area contributed by atoms with Crippen LogP contribution in [0.2, 0.25) is 0 Å². The van der Waals surface area contributed by atoms with Gasteiger partial charge in [-0.15, -0.1) is 5.10 Å². The van der Waals surface area contributed by atoms with Crippen molar-refractivity contribution in [2.24, 2.45) is 0 Å². The summed E-state index contributed by atoms with van der Waals surface area (Å²) in [4.78, 5) is 27.0. The Morgan fingerprint density at radius 2 is 2.14 bits per heavy atom. The molecule has 0 saturated carbocycles. The average Bonchev–Trinajstić information content (AvgIpc) is 2.93. The van der Waals surface area contributed by atoms with E-state index in [4.69, 9.17) is 4.74 Å². The lowest BCUT2D eigenvalue weighted by Gasteiger charge is -2.05. The summed E-state index contributed by atoms with van der Waals surface area (Å²) in [5, 5.41) is 10.7. The number of hydrogen-bond acceptors (Lipinski definition) is 5. The fourth-order valence-electron chi connectivity index (χ4n) is 1.47. The molecule has 1 heterocycles. The van der Waals surface area contributed by atoms with Gasteiger partial charge in [-0.2, -0.15) is 4.98 Å². The highest BCUT2D eigenvalue weighted by Gasteiger charge is 2.13. The average molecular weight is 293 g/mol. The molecule has 0 unspecified atom stereocenters. The molecule has 0 aliphatic carbocycles. The van der Waals surface area contributed by atoms with Gasteiger partial charge in [0.05, 0.1) is 19.2 Å². The van der Waals surface area contributed by atoms with Crippen LogP contribution >= 0.6 is 0 Å². The molecule has 3 N–H and O–H groups in total. The van der Waals surface area contributed by atoms with Gasteiger partial charge in [0, 0.05) is 0 Å². The summed E-state index contributed by atoms with van der Waals surface area (Å²) in [6, 6.07) is 5.55. The van der Waals surface area contributed by atoms with Crippen LogP contribution in [0, 0.1) is 5.82 Å². The summed E-state index contributed by atoms with van der Waals surface area (Å²) in [5.74, 6) is -1.80. The van der Waals surface area contributed by atoms with E-state index < -0.39 is 17.6 Å². The second-order valence-electron chi connectivity index (χ2n) is 3.88. The number of H-pyrrole nitrogens is 1. The number of aromatic amines is 1. The zero-order chi connectivity index (χ0) is 15.2. The van der Waals surface area contributed by atoms with Crippen LogP contribution in [0.1, 0.15) is 10.4 Å². The maximum Gasteiger partial charge on any atom is 0.336 e. The van der Waals surface area contributed by atoms with E-state index in [2.05, 4.69) is 25.8 Å². The molecule has 0 aliphatic rings. The van der Waals surface area contributed by atoms with E-state index in [1.165, 1.54) is 25.3 Å². The summed E-state index contributed by atoms with van der Waals surface area (Å²) in [5.41, 5.74) is -0.133. The first-order chi connectivity index (χ1) is 10.1. The summed E-state index contributed by atoms with van der Waals surface area (Å²) < 4.78 is 18.1. The lowest BCUT2D eigenvalue weighted by Crippen LogP contribution is -2.33. The van der Waals surface area contributed by atoms with Crippen molar-refractivity contribution in [2.45, 2.75) is 0 Å². The highest BCUT2D eigenvalue weighted by molar-refractivity contribution is 5.98. The van der Waals surface area contributed by atoms with E-state index in [0.29, 0.717) is 0 Å². The van der Waals surface area contributed by atoms with Gasteiger partial charge in [-0.1, -0.05) is 12.1 Å². The smallest absolute Gasteiger partial charge is 0.336 e. The molecule has 0 atom stereocenters. The van der Waals surface area contributed by atoms with E-state index in [1.807, 2.05) is 0 Å². The monoisotopic (exact) mass is 293 g/mol. The summed E-state index contributed by atoms with van der Waals surface area (Å²) in [6.07, 6.45) is 0. The van der Waals surface area contributed by atoms with Gasteiger partial charge in [0.2, 0.25) is 11.9 Å². The first-order valence-electron chi connectivity index (χ1n) is 5.89. The number of methoxy groups -OCH3 is 1. The highest BCUT2D eigenvalue weighted by atomic mass is 19.1. The number of nitrogens with zero attached hydrogens (tertiary/aromatic N) is 2. The largest absolute Gasteiger partial charge is 0.466 e. The van der Waals surface area contributed by atoms with Gasteiger partial charge >= 0.3 is 6.01 Å². The van der Waals surface area contributed by atoms with Crippen LogP contribution in [0.3, 0.4) is 0 Å². The first-order valence-corrected chi connectivity index (χ1v) is 5.89. The highest BCUT2D eigenvalue weighted by Crippen LogP contribution is 2.06. The van der Waals surface area contributed by atoms with E-state index in [9.17, 15) is 14.0 Å². The molecule has 2 aromatic rings. The number of carbonyl (C=O) groups excluding carboxylic acids is 2. The van der Waals surface area contributed by atoms with Crippen molar-refractivity contribution in [3.8, 4) is 6.01 Å². The quantitative estimate of drug-likeness (QED) is 0.735. The molecule has 21 heavy (non-hydrogen) atoms. The molecule has 2 amide bonds. The Hall–Kier alpha value is -2.97. The third-order valence-electron chi connectivity index (χ3n) is 2.43. The van der Waals surface area contributed by atoms with Crippen molar-refractivity contribution in [3.63, 3.8) is 0 Å². The second-order valence-corrected chi connectivity index (χ2v) is 3.88. The molecular formula is C12H12FN5O3. The number of benzene rings is 1. The number of halogens is 1. The maximum absolute atomic E-state index is 13.4. The number of rotatable bonds is 5. The van der Waals surface area contributed by atoms with E-state index >= 15 is 0 Å². The van der Waals surface area contributed by atoms with Crippen molar-refractivity contribution >= 4 is 17.8 Å². The van der Waals surface area contributed by atoms with Crippen LogP contribution in [0.5, 0.6) is 6.01 Å². The Bertz CT molecular complexity index is 658. The van der Waals surface area contributed by atoms with Gasteiger partial charge < -0.3 is 10.1 Å². The van der Waals surface area contributed by atoms with Crippen LogP contribution in [-0.2, 0) is 4.79 Å². The van der Waals surface area contributed by atoms with Crippen molar-refractivity contribution < 1.29 is 18.7 Å². The van der Waals surface area contributed by atoms with Crippen molar-refractivity contribution in [1.29, 1.82) is 0 Å². The lowest BCUT2D eigenvalue weighted by atomic mass is 10.2. The molecule has 0 radical (unpaired) electrons. The van der Waals surface area contributed by atoms with Gasteiger partial charge in [0.1, 0.15) is 5.82 Å². The number of amides is 2. The Morgan fingerprint density at radius 3 is 2.81 bits per heavy atom. The number of anilines is 1. The summed E-state index contributed by atoms with van der Waals surface area (Å²) >= 11 is 0. The fraction of sp³-hybridized carbons (Fsp3) is 0.167. The van der Waals surface area contributed by atoms with Crippen LogP contribution in [-0.4, -0.2) is 40.7 Å². The SMILES string of the molecule is COc1n[nH]c(NC(=O)CNC(=O)c2ccccc2F)n1. The van der Waals surface area contributed by atoms with Crippen LogP contribution in [0.15, 0.2) is 24.3 Å². The van der Waals surface area contributed by atoms with Gasteiger partial charge in [-0.3, -0.25) is 14.9 Å². The molecule has 1 aromatic carbocycles. The van der Waals surface area contributed by atoms with Crippen molar-refractivity contribution in [2.75, 3.05) is 19.0 Å². The van der Waals surface area contributed by atoms with E-state index in [0.717, 1.165) is 6.07 Å². The Morgan fingerprint density at radius 1 is 1.38 bits per heavy atom. The third kappa shape index (κ3) is 3.75. The fourth-order valence-corrected chi connectivity index (χ4v) is 1.47. The molecule has 0 bridgehead atoms.